The Balaban J connectivity index is 1.94. The first-order valence-corrected chi connectivity index (χ1v) is 8.03. The van der Waals surface area contributed by atoms with Crippen LogP contribution in [0.4, 0.5) is 5.95 Å². The number of piperidine rings is 1. The van der Waals surface area contributed by atoms with Gasteiger partial charge in [-0.25, -0.2) is 9.97 Å². The molecule has 0 spiro atoms. The van der Waals surface area contributed by atoms with Crippen LogP contribution < -0.4 is 10.6 Å². The summed E-state index contributed by atoms with van der Waals surface area (Å²) in [4.78, 5) is 11.5. The summed E-state index contributed by atoms with van der Waals surface area (Å²) < 4.78 is 1.07. The maximum absolute atomic E-state index is 6.06. The molecule has 4 nitrogen and oxygen atoms in total. The number of aryl methyl sites for hydroxylation is 1. The molecule has 1 unspecified atom stereocenters. The van der Waals surface area contributed by atoms with Crippen molar-refractivity contribution in [3.05, 3.63) is 40.5 Å². The van der Waals surface area contributed by atoms with Crippen LogP contribution in [-0.2, 0) is 0 Å². The van der Waals surface area contributed by atoms with Crippen LogP contribution in [0, 0.1) is 6.92 Å². The first-order valence-electron chi connectivity index (χ1n) is 7.23. The lowest BCUT2D eigenvalue weighted by Crippen LogP contribution is -2.43. The Hall–Kier alpha value is -1.46. The quantitative estimate of drug-likeness (QED) is 0.907. The van der Waals surface area contributed by atoms with Gasteiger partial charge in [-0.05, 0) is 37.5 Å². The summed E-state index contributed by atoms with van der Waals surface area (Å²) in [7, 11) is 0. The molecule has 0 bridgehead atoms. The van der Waals surface area contributed by atoms with Crippen molar-refractivity contribution in [2.24, 2.45) is 5.73 Å². The van der Waals surface area contributed by atoms with Crippen LogP contribution in [0.25, 0.3) is 11.3 Å². The Morgan fingerprint density at radius 1 is 1.29 bits per heavy atom. The number of anilines is 1. The molecule has 1 aromatic carbocycles. The van der Waals surface area contributed by atoms with E-state index in [2.05, 4.69) is 37.9 Å². The van der Waals surface area contributed by atoms with Crippen LogP contribution in [-0.4, -0.2) is 29.1 Å². The third kappa shape index (κ3) is 3.24. The molecule has 3 rings (SSSR count). The van der Waals surface area contributed by atoms with Gasteiger partial charge in [-0.15, -0.1) is 0 Å². The molecule has 0 saturated carbocycles. The van der Waals surface area contributed by atoms with Crippen LogP contribution >= 0.6 is 15.9 Å². The maximum atomic E-state index is 6.06. The van der Waals surface area contributed by atoms with Crippen molar-refractivity contribution in [1.82, 2.24) is 9.97 Å². The third-order valence-corrected chi connectivity index (χ3v) is 4.35. The average Bonchev–Trinajstić information content (AvgIpc) is 2.49. The number of nitrogens with two attached hydrogens (primary N) is 1. The number of nitrogens with zero attached hydrogens (tertiary/aromatic N) is 3. The Labute approximate surface area is 133 Å². The molecule has 1 fully saturated rings. The van der Waals surface area contributed by atoms with Gasteiger partial charge in [-0.2, -0.15) is 0 Å². The zero-order valence-corrected chi connectivity index (χ0v) is 13.7. The summed E-state index contributed by atoms with van der Waals surface area (Å²) in [5, 5.41) is 0. The fourth-order valence-electron chi connectivity index (χ4n) is 2.68. The van der Waals surface area contributed by atoms with Gasteiger partial charge in [0.15, 0.2) is 0 Å². The van der Waals surface area contributed by atoms with Crippen molar-refractivity contribution < 1.29 is 0 Å². The summed E-state index contributed by atoms with van der Waals surface area (Å²) in [5.41, 5.74) is 9.25. The summed E-state index contributed by atoms with van der Waals surface area (Å²) in [6, 6.07) is 8.44. The Kier molecular flexibility index (Phi) is 4.22. The van der Waals surface area contributed by atoms with Crippen molar-refractivity contribution in [1.29, 1.82) is 0 Å². The lowest BCUT2D eigenvalue weighted by Gasteiger charge is -2.31. The molecule has 5 heteroatoms. The van der Waals surface area contributed by atoms with Crippen LogP contribution in [0.3, 0.4) is 0 Å². The van der Waals surface area contributed by atoms with Gasteiger partial charge in [0.25, 0.3) is 0 Å². The van der Waals surface area contributed by atoms with Crippen molar-refractivity contribution in [2.75, 3.05) is 18.0 Å². The van der Waals surface area contributed by atoms with E-state index in [0.29, 0.717) is 0 Å². The van der Waals surface area contributed by atoms with E-state index in [9.17, 15) is 0 Å². The second-order valence-corrected chi connectivity index (χ2v) is 6.47. The van der Waals surface area contributed by atoms with Gasteiger partial charge in [0.1, 0.15) is 0 Å². The van der Waals surface area contributed by atoms with Gasteiger partial charge in [0, 0.05) is 35.4 Å². The van der Waals surface area contributed by atoms with E-state index in [0.717, 1.165) is 53.2 Å². The molecule has 0 aliphatic carbocycles. The molecule has 0 amide bonds. The second kappa shape index (κ2) is 6.12. The van der Waals surface area contributed by atoms with Gasteiger partial charge in [-0.3, -0.25) is 0 Å². The predicted molar refractivity (Wildman–Crippen MR) is 89.3 cm³/mol. The topological polar surface area (TPSA) is 55.0 Å². The molecule has 1 aliphatic heterocycles. The van der Waals surface area contributed by atoms with Crippen molar-refractivity contribution in [3.63, 3.8) is 0 Å². The molecule has 2 N–H and O–H groups in total. The standard InChI is InChI=1S/C16H19BrN4/c1-11-9-19-16(21-8-2-3-14(18)10-21)20-15(11)12-4-6-13(17)7-5-12/h4-7,9,14H,2-3,8,10,18H2,1H3. The number of aromatic nitrogens is 2. The lowest BCUT2D eigenvalue weighted by molar-refractivity contribution is 0.500. The minimum atomic E-state index is 0.222. The molecule has 1 aromatic heterocycles. The summed E-state index contributed by atoms with van der Waals surface area (Å²) >= 11 is 3.47. The zero-order chi connectivity index (χ0) is 14.8. The van der Waals surface area contributed by atoms with Crippen LogP contribution in [0.15, 0.2) is 34.9 Å². The molecule has 1 atom stereocenters. The highest BCUT2D eigenvalue weighted by atomic mass is 79.9. The summed E-state index contributed by atoms with van der Waals surface area (Å²) in [5.74, 6) is 0.786. The molecule has 0 radical (unpaired) electrons. The molecule has 2 aromatic rings. The lowest BCUT2D eigenvalue weighted by atomic mass is 10.1. The van der Waals surface area contributed by atoms with Gasteiger partial charge >= 0.3 is 0 Å². The Morgan fingerprint density at radius 3 is 2.76 bits per heavy atom. The number of halogens is 1. The summed E-state index contributed by atoms with van der Waals surface area (Å²) in [6.07, 6.45) is 4.09. The van der Waals surface area contributed by atoms with Gasteiger partial charge in [-0.1, -0.05) is 28.1 Å². The summed E-state index contributed by atoms with van der Waals surface area (Å²) in [6.45, 7) is 3.86. The molecule has 2 heterocycles. The van der Waals surface area contributed by atoms with Crippen LogP contribution in [0.5, 0.6) is 0 Å². The van der Waals surface area contributed by atoms with E-state index in [4.69, 9.17) is 10.7 Å². The van der Waals surface area contributed by atoms with Crippen molar-refractivity contribution in [2.45, 2.75) is 25.8 Å². The van der Waals surface area contributed by atoms with Gasteiger partial charge in [0.2, 0.25) is 5.95 Å². The number of hydrogen-bond acceptors (Lipinski definition) is 4. The highest BCUT2D eigenvalue weighted by molar-refractivity contribution is 9.10. The molecule has 110 valence electrons. The third-order valence-electron chi connectivity index (χ3n) is 3.82. The van der Waals surface area contributed by atoms with Crippen molar-refractivity contribution >= 4 is 21.9 Å². The van der Waals surface area contributed by atoms with E-state index in [1.54, 1.807) is 0 Å². The predicted octanol–water partition coefficient (Wildman–Crippen LogP) is 3.14. The minimum Gasteiger partial charge on any atom is -0.339 e. The van der Waals surface area contributed by atoms with Crippen LogP contribution in [0.2, 0.25) is 0 Å². The zero-order valence-electron chi connectivity index (χ0n) is 12.1. The fraction of sp³-hybridized carbons (Fsp3) is 0.375. The van der Waals surface area contributed by atoms with Gasteiger partial charge < -0.3 is 10.6 Å². The highest BCUT2D eigenvalue weighted by Gasteiger charge is 2.19. The first-order chi connectivity index (χ1) is 10.1. The van der Waals surface area contributed by atoms with Crippen molar-refractivity contribution in [3.8, 4) is 11.3 Å². The maximum Gasteiger partial charge on any atom is 0.225 e. The largest absolute Gasteiger partial charge is 0.339 e. The number of rotatable bonds is 2. The Bertz CT molecular complexity index is 627. The van der Waals surface area contributed by atoms with Gasteiger partial charge in [0.05, 0.1) is 5.69 Å². The normalized spacial score (nSPS) is 18.8. The van der Waals surface area contributed by atoms with E-state index >= 15 is 0 Å². The monoisotopic (exact) mass is 346 g/mol. The first kappa shape index (κ1) is 14.5. The van der Waals surface area contributed by atoms with E-state index in [-0.39, 0.29) is 6.04 Å². The fourth-order valence-corrected chi connectivity index (χ4v) is 2.94. The second-order valence-electron chi connectivity index (χ2n) is 5.56. The van der Waals surface area contributed by atoms with E-state index < -0.39 is 0 Å². The highest BCUT2D eigenvalue weighted by Crippen LogP contribution is 2.25. The van der Waals surface area contributed by atoms with E-state index in [1.807, 2.05) is 25.3 Å². The number of hydrogen-bond donors (Lipinski definition) is 1. The average molecular weight is 347 g/mol. The molecule has 21 heavy (non-hydrogen) atoms. The van der Waals surface area contributed by atoms with E-state index in [1.165, 1.54) is 0 Å². The molecular weight excluding hydrogens is 328 g/mol. The molecule has 1 aliphatic rings. The molecule has 1 saturated heterocycles. The SMILES string of the molecule is Cc1cnc(N2CCCC(N)C2)nc1-c1ccc(Br)cc1. The smallest absolute Gasteiger partial charge is 0.225 e. The minimum absolute atomic E-state index is 0.222. The molecular formula is C16H19BrN4. The Morgan fingerprint density at radius 2 is 2.05 bits per heavy atom. The van der Waals surface area contributed by atoms with Crippen LogP contribution in [0.1, 0.15) is 18.4 Å². The number of benzene rings is 1.